The predicted molar refractivity (Wildman–Crippen MR) is 81.0 cm³/mol. The van der Waals surface area contributed by atoms with Gasteiger partial charge in [-0.2, -0.15) is 0 Å². The van der Waals surface area contributed by atoms with E-state index in [-0.39, 0.29) is 30.7 Å². The van der Waals surface area contributed by atoms with Gasteiger partial charge in [0.05, 0.1) is 19.6 Å². The summed E-state index contributed by atoms with van der Waals surface area (Å²) in [4.78, 5) is 36.7. The molecule has 1 atom stereocenters. The van der Waals surface area contributed by atoms with Gasteiger partial charge in [-0.3, -0.25) is 14.4 Å². The van der Waals surface area contributed by atoms with Gasteiger partial charge >= 0.3 is 5.97 Å². The maximum Gasteiger partial charge on any atom is 0.306 e. The molecule has 1 saturated carbocycles. The number of rotatable bonds is 6. The molecule has 2 amide bonds. The summed E-state index contributed by atoms with van der Waals surface area (Å²) in [5.41, 5.74) is 0. The minimum atomic E-state index is -0.392. The van der Waals surface area contributed by atoms with Gasteiger partial charge in [0.15, 0.2) is 0 Å². The summed E-state index contributed by atoms with van der Waals surface area (Å²) in [6.07, 6.45) is 6.81. The highest BCUT2D eigenvalue weighted by atomic mass is 16.5. The summed E-state index contributed by atoms with van der Waals surface area (Å²) >= 11 is 0. The number of carbonyl (C=O) groups is 3. The molecule has 1 aliphatic heterocycles. The molecule has 0 bridgehead atoms. The highest BCUT2D eigenvalue weighted by molar-refractivity contribution is 5.84. The van der Waals surface area contributed by atoms with Crippen LogP contribution in [0.2, 0.25) is 0 Å². The Morgan fingerprint density at radius 3 is 2.64 bits per heavy atom. The van der Waals surface area contributed by atoms with Crippen LogP contribution in [0.3, 0.4) is 0 Å². The lowest BCUT2D eigenvalue weighted by atomic mass is 9.89. The largest absolute Gasteiger partial charge is 0.469 e. The van der Waals surface area contributed by atoms with Crippen molar-refractivity contribution in [3.8, 4) is 0 Å². The van der Waals surface area contributed by atoms with Crippen LogP contribution in [0, 0.1) is 5.92 Å². The summed E-state index contributed by atoms with van der Waals surface area (Å²) in [5, 5.41) is 2.85. The Morgan fingerprint density at radius 2 is 1.95 bits per heavy atom. The van der Waals surface area contributed by atoms with Crippen molar-refractivity contribution >= 4 is 17.8 Å². The van der Waals surface area contributed by atoms with Crippen LogP contribution in [0.5, 0.6) is 0 Å². The first-order valence-corrected chi connectivity index (χ1v) is 8.22. The van der Waals surface area contributed by atoms with Gasteiger partial charge in [0.1, 0.15) is 0 Å². The lowest BCUT2D eigenvalue weighted by Gasteiger charge is -2.27. The van der Waals surface area contributed by atoms with Gasteiger partial charge in [0, 0.05) is 25.9 Å². The van der Waals surface area contributed by atoms with E-state index in [4.69, 9.17) is 0 Å². The fourth-order valence-corrected chi connectivity index (χ4v) is 3.34. The van der Waals surface area contributed by atoms with Gasteiger partial charge in [-0.25, -0.2) is 0 Å². The summed E-state index contributed by atoms with van der Waals surface area (Å²) < 4.78 is 4.51. The molecule has 0 aromatic heterocycles. The smallest absolute Gasteiger partial charge is 0.306 e. The van der Waals surface area contributed by atoms with Crippen molar-refractivity contribution in [2.24, 2.45) is 5.92 Å². The number of esters is 1. The molecule has 1 aliphatic carbocycles. The van der Waals surface area contributed by atoms with E-state index in [1.807, 2.05) is 4.90 Å². The monoisotopic (exact) mass is 310 g/mol. The van der Waals surface area contributed by atoms with Crippen LogP contribution >= 0.6 is 0 Å². The Hall–Kier alpha value is -1.59. The van der Waals surface area contributed by atoms with Crippen LogP contribution in [0.25, 0.3) is 0 Å². The predicted octanol–water partition coefficient (Wildman–Crippen LogP) is 1.24. The number of hydrogen-bond acceptors (Lipinski definition) is 4. The van der Waals surface area contributed by atoms with E-state index >= 15 is 0 Å². The van der Waals surface area contributed by atoms with E-state index in [0.717, 1.165) is 6.54 Å². The van der Waals surface area contributed by atoms with Crippen LogP contribution in [0.4, 0.5) is 0 Å². The topological polar surface area (TPSA) is 75.7 Å². The van der Waals surface area contributed by atoms with E-state index in [2.05, 4.69) is 10.1 Å². The minimum absolute atomic E-state index is 0.0782. The molecule has 0 aromatic rings. The molecular formula is C16H26N2O4. The van der Waals surface area contributed by atoms with Crippen LogP contribution in [0.15, 0.2) is 0 Å². The lowest BCUT2D eigenvalue weighted by Crippen LogP contribution is -2.38. The molecule has 0 spiro atoms. The molecule has 1 N–H and O–H groups in total. The molecule has 0 aromatic carbocycles. The van der Waals surface area contributed by atoms with Gasteiger partial charge in [-0.15, -0.1) is 0 Å². The zero-order valence-electron chi connectivity index (χ0n) is 13.3. The standard InChI is InChI=1S/C16H26N2O4/c1-22-16(21)8-7-14(19)17-13-9-15(20)18(11-13)10-12-5-3-2-4-6-12/h12-13H,2-11H2,1H3,(H,17,19). The number of likely N-dealkylation sites (tertiary alicyclic amines) is 1. The SMILES string of the molecule is COC(=O)CCC(=O)NC1CC(=O)N(CC2CCCCC2)C1. The quantitative estimate of drug-likeness (QED) is 0.749. The molecule has 124 valence electrons. The Labute approximate surface area is 131 Å². The zero-order chi connectivity index (χ0) is 15.9. The highest BCUT2D eigenvalue weighted by Crippen LogP contribution is 2.26. The molecule has 2 aliphatic rings. The Morgan fingerprint density at radius 1 is 1.23 bits per heavy atom. The van der Waals surface area contributed by atoms with Crippen LogP contribution < -0.4 is 5.32 Å². The van der Waals surface area contributed by atoms with Gasteiger partial charge in [0.25, 0.3) is 0 Å². The van der Waals surface area contributed by atoms with Crippen LogP contribution in [-0.4, -0.2) is 48.9 Å². The summed E-state index contributed by atoms with van der Waals surface area (Å²) in [6.45, 7) is 1.42. The Bertz CT molecular complexity index is 418. The maximum absolute atomic E-state index is 12.1. The lowest BCUT2D eigenvalue weighted by molar-refractivity contribution is -0.142. The highest BCUT2D eigenvalue weighted by Gasteiger charge is 2.32. The number of methoxy groups -OCH3 is 1. The summed E-state index contributed by atoms with van der Waals surface area (Å²) in [6, 6.07) is -0.124. The molecule has 1 unspecified atom stereocenters. The third kappa shape index (κ3) is 5.00. The molecule has 1 saturated heterocycles. The number of hydrogen-bond donors (Lipinski definition) is 1. The van der Waals surface area contributed by atoms with Crippen molar-refractivity contribution in [1.29, 1.82) is 0 Å². The number of ether oxygens (including phenoxy) is 1. The number of amides is 2. The molecule has 6 nitrogen and oxygen atoms in total. The number of carbonyl (C=O) groups excluding carboxylic acids is 3. The zero-order valence-corrected chi connectivity index (χ0v) is 13.3. The van der Waals surface area contributed by atoms with Gasteiger partial charge in [0.2, 0.25) is 11.8 Å². The molecule has 22 heavy (non-hydrogen) atoms. The van der Waals surface area contributed by atoms with E-state index < -0.39 is 5.97 Å². The fraction of sp³-hybridized carbons (Fsp3) is 0.812. The van der Waals surface area contributed by atoms with Crippen molar-refractivity contribution in [2.45, 2.75) is 57.4 Å². The number of nitrogens with one attached hydrogen (secondary N) is 1. The average Bonchev–Trinajstić information content (AvgIpc) is 2.85. The van der Waals surface area contributed by atoms with Crippen molar-refractivity contribution in [2.75, 3.05) is 20.2 Å². The molecular weight excluding hydrogens is 284 g/mol. The second-order valence-corrected chi connectivity index (χ2v) is 6.35. The Balaban J connectivity index is 1.71. The van der Waals surface area contributed by atoms with Crippen molar-refractivity contribution in [1.82, 2.24) is 10.2 Å². The van der Waals surface area contributed by atoms with E-state index in [9.17, 15) is 14.4 Å². The molecule has 2 rings (SSSR count). The second kappa shape index (κ2) is 8.15. The first kappa shape index (κ1) is 16.8. The van der Waals surface area contributed by atoms with Gasteiger partial charge in [-0.05, 0) is 18.8 Å². The summed E-state index contributed by atoms with van der Waals surface area (Å²) in [5.74, 6) is 0.162. The van der Waals surface area contributed by atoms with E-state index in [1.165, 1.54) is 39.2 Å². The fourth-order valence-electron chi connectivity index (χ4n) is 3.34. The summed E-state index contributed by atoms with van der Waals surface area (Å²) in [7, 11) is 1.30. The first-order chi connectivity index (χ1) is 10.6. The molecule has 1 heterocycles. The minimum Gasteiger partial charge on any atom is -0.469 e. The molecule has 2 fully saturated rings. The third-order valence-corrected chi connectivity index (χ3v) is 4.57. The Kier molecular flexibility index (Phi) is 6.21. The van der Waals surface area contributed by atoms with Gasteiger partial charge < -0.3 is 15.0 Å². The van der Waals surface area contributed by atoms with Crippen molar-refractivity contribution < 1.29 is 19.1 Å². The van der Waals surface area contributed by atoms with E-state index in [0.29, 0.717) is 18.9 Å². The van der Waals surface area contributed by atoms with Crippen molar-refractivity contribution in [3.63, 3.8) is 0 Å². The van der Waals surface area contributed by atoms with Gasteiger partial charge in [-0.1, -0.05) is 19.3 Å². The van der Waals surface area contributed by atoms with Crippen molar-refractivity contribution in [3.05, 3.63) is 0 Å². The number of nitrogens with zero attached hydrogens (tertiary/aromatic N) is 1. The van der Waals surface area contributed by atoms with Crippen LogP contribution in [-0.2, 0) is 19.1 Å². The molecule has 6 heteroatoms. The van der Waals surface area contributed by atoms with E-state index in [1.54, 1.807) is 0 Å². The second-order valence-electron chi connectivity index (χ2n) is 6.35. The third-order valence-electron chi connectivity index (χ3n) is 4.57. The average molecular weight is 310 g/mol. The molecule has 0 radical (unpaired) electrons. The maximum atomic E-state index is 12.1. The normalized spacial score (nSPS) is 22.7. The van der Waals surface area contributed by atoms with Crippen LogP contribution in [0.1, 0.15) is 51.4 Å². The first-order valence-electron chi connectivity index (χ1n) is 8.22.